The van der Waals surface area contributed by atoms with Crippen molar-refractivity contribution in [1.29, 1.82) is 0 Å². The Kier molecular flexibility index (Phi) is 5.02. The Balaban J connectivity index is 1.71. The molecule has 156 valence electrons. The highest BCUT2D eigenvalue weighted by Crippen LogP contribution is 2.42. The highest BCUT2D eigenvalue weighted by atomic mass is 16.5. The number of aromatic carboxylic acids is 1. The molecule has 2 aromatic rings. The summed E-state index contributed by atoms with van der Waals surface area (Å²) in [4.78, 5) is 25.9. The molecule has 0 saturated heterocycles. The number of carbonyl (C=O) groups is 2. The zero-order chi connectivity index (χ0) is 21.5. The van der Waals surface area contributed by atoms with Gasteiger partial charge in [0.2, 0.25) is 5.91 Å². The SMILES string of the molecule is COc1c(CN(C(=O)C2CC2)c2ccc(C(=O)O)cc2)ccc2c1OC(C)(C)C=C2. The summed E-state index contributed by atoms with van der Waals surface area (Å²) in [6, 6.07) is 10.3. The zero-order valence-corrected chi connectivity index (χ0v) is 17.3. The van der Waals surface area contributed by atoms with Crippen LogP contribution in [0.5, 0.6) is 11.5 Å². The topological polar surface area (TPSA) is 76.1 Å². The van der Waals surface area contributed by atoms with Crippen LogP contribution in [0.3, 0.4) is 0 Å². The van der Waals surface area contributed by atoms with Crippen LogP contribution in [0.2, 0.25) is 0 Å². The number of anilines is 1. The van der Waals surface area contributed by atoms with Crippen molar-refractivity contribution >= 4 is 23.6 Å². The number of hydrogen-bond acceptors (Lipinski definition) is 4. The number of amides is 1. The predicted molar refractivity (Wildman–Crippen MR) is 114 cm³/mol. The second kappa shape index (κ2) is 7.52. The van der Waals surface area contributed by atoms with Crippen molar-refractivity contribution in [3.05, 3.63) is 59.2 Å². The van der Waals surface area contributed by atoms with E-state index in [9.17, 15) is 9.59 Å². The van der Waals surface area contributed by atoms with Crippen LogP contribution in [0.25, 0.3) is 6.08 Å². The van der Waals surface area contributed by atoms with E-state index in [1.165, 1.54) is 12.1 Å². The number of carbonyl (C=O) groups excluding carboxylic acids is 1. The van der Waals surface area contributed by atoms with Crippen LogP contribution in [-0.2, 0) is 11.3 Å². The van der Waals surface area contributed by atoms with Crippen LogP contribution >= 0.6 is 0 Å². The summed E-state index contributed by atoms with van der Waals surface area (Å²) >= 11 is 0. The minimum absolute atomic E-state index is 0.0193. The highest BCUT2D eigenvalue weighted by molar-refractivity contribution is 5.97. The lowest BCUT2D eigenvalue weighted by atomic mass is 9.99. The second-order valence-corrected chi connectivity index (χ2v) is 8.27. The molecule has 4 rings (SSSR count). The molecule has 0 spiro atoms. The van der Waals surface area contributed by atoms with E-state index >= 15 is 0 Å². The maximum Gasteiger partial charge on any atom is 0.335 e. The standard InChI is InChI=1S/C24H25NO5/c1-24(2)13-12-15-4-7-18(20(29-3)21(15)30-24)14-25(22(26)16-5-6-16)19-10-8-17(9-11-19)23(27)28/h4,7-13,16H,5-6,14H2,1-3H3,(H,27,28). The van der Waals surface area contributed by atoms with Crippen molar-refractivity contribution in [1.82, 2.24) is 0 Å². The Morgan fingerprint density at radius 3 is 2.47 bits per heavy atom. The fourth-order valence-electron chi connectivity index (χ4n) is 3.59. The summed E-state index contributed by atoms with van der Waals surface area (Å²) in [7, 11) is 1.60. The summed E-state index contributed by atoms with van der Waals surface area (Å²) in [5.74, 6) is 0.346. The van der Waals surface area contributed by atoms with Gasteiger partial charge in [-0.05, 0) is 57.0 Å². The van der Waals surface area contributed by atoms with E-state index < -0.39 is 11.6 Å². The molecule has 2 aliphatic rings. The van der Waals surface area contributed by atoms with E-state index in [1.807, 2.05) is 38.1 Å². The van der Waals surface area contributed by atoms with Crippen molar-refractivity contribution in [2.24, 2.45) is 5.92 Å². The fraction of sp³-hybridized carbons (Fsp3) is 0.333. The molecule has 1 heterocycles. The lowest BCUT2D eigenvalue weighted by molar-refractivity contribution is -0.119. The quantitative estimate of drug-likeness (QED) is 0.762. The van der Waals surface area contributed by atoms with Crippen LogP contribution in [0, 0.1) is 5.92 Å². The smallest absolute Gasteiger partial charge is 0.335 e. The van der Waals surface area contributed by atoms with Gasteiger partial charge < -0.3 is 19.5 Å². The average Bonchev–Trinajstić information content (AvgIpc) is 3.56. The first-order valence-corrected chi connectivity index (χ1v) is 10.0. The van der Waals surface area contributed by atoms with Gasteiger partial charge in [0.05, 0.1) is 19.2 Å². The molecule has 0 radical (unpaired) electrons. The summed E-state index contributed by atoms with van der Waals surface area (Å²) in [6.45, 7) is 4.27. The monoisotopic (exact) mass is 407 g/mol. The van der Waals surface area contributed by atoms with Gasteiger partial charge in [-0.1, -0.05) is 18.2 Å². The first-order chi connectivity index (χ1) is 14.3. The third kappa shape index (κ3) is 3.90. The van der Waals surface area contributed by atoms with Gasteiger partial charge in [-0.3, -0.25) is 4.79 Å². The lowest BCUT2D eigenvalue weighted by Gasteiger charge is -2.31. The average molecular weight is 407 g/mol. The van der Waals surface area contributed by atoms with Gasteiger partial charge in [-0.15, -0.1) is 0 Å². The number of hydrogen-bond donors (Lipinski definition) is 1. The Morgan fingerprint density at radius 1 is 1.17 bits per heavy atom. The number of ether oxygens (including phenoxy) is 2. The molecule has 0 unspecified atom stereocenters. The molecule has 1 fully saturated rings. The molecule has 30 heavy (non-hydrogen) atoms. The van der Waals surface area contributed by atoms with Gasteiger partial charge in [0, 0.05) is 22.7 Å². The van der Waals surface area contributed by atoms with E-state index in [0.29, 0.717) is 23.7 Å². The molecule has 1 aliphatic heterocycles. The van der Waals surface area contributed by atoms with E-state index in [1.54, 1.807) is 24.1 Å². The van der Waals surface area contributed by atoms with Gasteiger partial charge in [-0.25, -0.2) is 4.79 Å². The molecule has 1 aliphatic carbocycles. The number of rotatable bonds is 6. The van der Waals surface area contributed by atoms with Crippen LogP contribution in [-0.4, -0.2) is 29.7 Å². The number of methoxy groups -OCH3 is 1. The predicted octanol–water partition coefficient (Wildman–Crippen LogP) is 4.52. The van der Waals surface area contributed by atoms with Crippen LogP contribution in [0.4, 0.5) is 5.69 Å². The van der Waals surface area contributed by atoms with Gasteiger partial charge >= 0.3 is 5.97 Å². The summed E-state index contributed by atoms with van der Waals surface area (Å²) in [6.07, 6.45) is 5.78. The molecular weight excluding hydrogens is 382 g/mol. The van der Waals surface area contributed by atoms with Crippen molar-refractivity contribution in [3.8, 4) is 11.5 Å². The molecule has 1 amide bonds. The van der Waals surface area contributed by atoms with Crippen molar-refractivity contribution < 1.29 is 24.2 Å². The van der Waals surface area contributed by atoms with E-state index in [0.717, 1.165) is 24.0 Å². The molecule has 6 nitrogen and oxygen atoms in total. The normalized spacial score (nSPS) is 16.4. The Bertz CT molecular complexity index is 1020. The summed E-state index contributed by atoms with van der Waals surface area (Å²) in [5, 5.41) is 9.16. The zero-order valence-electron chi connectivity index (χ0n) is 17.3. The largest absolute Gasteiger partial charge is 0.492 e. The number of carboxylic acid groups (broad SMARTS) is 1. The van der Waals surface area contributed by atoms with Crippen LogP contribution in [0.15, 0.2) is 42.5 Å². The van der Waals surface area contributed by atoms with E-state index in [4.69, 9.17) is 14.6 Å². The maximum absolute atomic E-state index is 13.0. The van der Waals surface area contributed by atoms with Crippen molar-refractivity contribution in [3.63, 3.8) is 0 Å². The van der Waals surface area contributed by atoms with Gasteiger partial charge in [0.25, 0.3) is 0 Å². The third-order valence-electron chi connectivity index (χ3n) is 5.40. The molecule has 0 atom stereocenters. The molecular formula is C24H25NO5. The Hall–Kier alpha value is -3.28. The van der Waals surface area contributed by atoms with Gasteiger partial charge in [0.1, 0.15) is 5.60 Å². The molecule has 6 heteroatoms. The summed E-state index contributed by atoms with van der Waals surface area (Å²) in [5.41, 5.74) is 2.17. The maximum atomic E-state index is 13.0. The molecule has 0 aromatic heterocycles. The molecule has 0 bridgehead atoms. The highest BCUT2D eigenvalue weighted by Gasteiger charge is 2.35. The lowest BCUT2D eigenvalue weighted by Crippen LogP contribution is -2.32. The number of carboxylic acids is 1. The second-order valence-electron chi connectivity index (χ2n) is 8.27. The number of fused-ring (bicyclic) bond motifs is 1. The van der Waals surface area contributed by atoms with Gasteiger partial charge in [-0.2, -0.15) is 0 Å². The molecule has 1 N–H and O–H groups in total. The molecule has 1 saturated carbocycles. The Labute approximate surface area is 175 Å². The minimum atomic E-state index is -0.995. The van der Waals surface area contributed by atoms with E-state index in [-0.39, 0.29) is 17.4 Å². The number of benzene rings is 2. The third-order valence-corrected chi connectivity index (χ3v) is 5.40. The Morgan fingerprint density at radius 2 is 1.87 bits per heavy atom. The van der Waals surface area contributed by atoms with Crippen molar-refractivity contribution in [2.75, 3.05) is 12.0 Å². The first kappa shape index (κ1) is 20.0. The van der Waals surface area contributed by atoms with Crippen LogP contribution < -0.4 is 14.4 Å². The van der Waals surface area contributed by atoms with Crippen molar-refractivity contribution in [2.45, 2.75) is 38.8 Å². The fourth-order valence-corrected chi connectivity index (χ4v) is 3.59. The summed E-state index contributed by atoms with van der Waals surface area (Å²) < 4.78 is 11.9. The van der Waals surface area contributed by atoms with Gasteiger partial charge in [0.15, 0.2) is 11.5 Å². The minimum Gasteiger partial charge on any atom is -0.492 e. The first-order valence-electron chi connectivity index (χ1n) is 10.0. The number of nitrogens with zero attached hydrogens (tertiary/aromatic N) is 1. The van der Waals surface area contributed by atoms with Crippen LogP contribution in [0.1, 0.15) is 48.2 Å². The molecule has 2 aromatic carbocycles. The van der Waals surface area contributed by atoms with E-state index in [2.05, 4.69) is 0 Å².